The van der Waals surface area contributed by atoms with Crippen molar-refractivity contribution in [3.05, 3.63) is 40.3 Å². The van der Waals surface area contributed by atoms with Crippen molar-refractivity contribution in [2.75, 3.05) is 5.75 Å². The van der Waals surface area contributed by atoms with Gasteiger partial charge in [0.2, 0.25) is 5.91 Å². The minimum atomic E-state index is -0.964. The molecule has 0 aromatic heterocycles. The highest BCUT2D eigenvalue weighted by atomic mass is 32.2. The van der Waals surface area contributed by atoms with Gasteiger partial charge in [0.05, 0.1) is 11.4 Å². The molecule has 0 saturated carbocycles. The van der Waals surface area contributed by atoms with Crippen molar-refractivity contribution in [3.8, 4) is 0 Å². The number of amides is 1. The van der Waals surface area contributed by atoms with Gasteiger partial charge in [-0.1, -0.05) is 30.7 Å². The van der Waals surface area contributed by atoms with E-state index in [0.29, 0.717) is 12.1 Å². The number of aryl methyl sites for hydroxylation is 2. The van der Waals surface area contributed by atoms with Crippen LogP contribution in [-0.4, -0.2) is 33.7 Å². The molecular weight excluding hydrogens is 286 g/mol. The molecule has 0 radical (unpaired) electrons. The van der Waals surface area contributed by atoms with E-state index in [4.69, 9.17) is 0 Å². The zero-order valence-electron chi connectivity index (χ0n) is 12.4. The number of hydrogen-bond donors (Lipinski definition) is 1. The summed E-state index contributed by atoms with van der Waals surface area (Å²) in [6.45, 7) is 5.77. The zero-order chi connectivity index (χ0) is 15.6. The average molecular weight is 305 g/mol. The topological polar surface area (TPSA) is 57.6 Å². The minimum Gasteiger partial charge on any atom is -0.480 e. The predicted octanol–water partition coefficient (Wildman–Crippen LogP) is 3.04. The largest absolute Gasteiger partial charge is 0.480 e. The van der Waals surface area contributed by atoms with Crippen LogP contribution in [0.1, 0.15) is 30.0 Å². The Kier molecular flexibility index (Phi) is 4.73. The van der Waals surface area contributed by atoms with Crippen LogP contribution in [0.3, 0.4) is 0 Å². The van der Waals surface area contributed by atoms with Crippen molar-refractivity contribution < 1.29 is 14.7 Å². The maximum absolute atomic E-state index is 12.3. The van der Waals surface area contributed by atoms with Crippen molar-refractivity contribution in [1.29, 1.82) is 0 Å². The molecule has 2 rings (SSSR count). The van der Waals surface area contributed by atoms with Gasteiger partial charge in [-0.05, 0) is 31.2 Å². The number of nitrogens with zero attached hydrogens (tertiary/aromatic N) is 1. The molecule has 1 aromatic rings. The van der Waals surface area contributed by atoms with E-state index in [-0.39, 0.29) is 11.7 Å². The zero-order valence-corrected chi connectivity index (χ0v) is 13.2. The van der Waals surface area contributed by atoms with Crippen LogP contribution in [0.4, 0.5) is 0 Å². The summed E-state index contributed by atoms with van der Waals surface area (Å²) in [6.07, 6.45) is 0.383. The van der Waals surface area contributed by atoms with Gasteiger partial charge in [-0.25, -0.2) is 4.79 Å². The van der Waals surface area contributed by atoms with E-state index in [1.54, 1.807) is 6.92 Å². The fourth-order valence-corrected chi connectivity index (χ4v) is 3.32. The fraction of sp³-hybridized carbons (Fsp3) is 0.375. The van der Waals surface area contributed by atoms with Gasteiger partial charge in [-0.3, -0.25) is 9.69 Å². The monoisotopic (exact) mass is 305 g/mol. The van der Waals surface area contributed by atoms with Crippen LogP contribution in [-0.2, 0) is 9.59 Å². The molecule has 5 heteroatoms. The first-order valence-electron chi connectivity index (χ1n) is 6.90. The van der Waals surface area contributed by atoms with Crippen LogP contribution in [0.5, 0.6) is 0 Å². The summed E-state index contributed by atoms with van der Waals surface area (Å²) in [6, 6.07) is 5.16. The molecule has 0 saturated heterocycles. The molecule has 1 aliphatic heterocycles. The quantitative estimate of drug-likeness (QED) is 0.929. The molecule has 1 aromatic carbocycles. The summed E-state index contributed by atoms with van der Waals surface area (Å²) < 4.78 is 0. The van der Waals surface area contributed by atoms with E-state index in [2.05, 4.69) is 0 Å². The Labute approximate surface area is 128 Å². The van der Waals surface area contributed by atoms with Gasteiger partial charge in [-0.2, -0.15) is 0 Å². The van der Waals surface area contributed by atoms with Gasteiger partial charge in [0.1, 0.15) is 6.04 Å². The molecule has 0 spiro atoms. The van der Waals surface area contributed by atoms with Crippen LogP contribution < -0.4 is 0 Å². The minimum absolute atomic E-state index is 0.147. The normalized spacial score (nSPS) is 16.6. The molecule has 1 N–H and O–H groups in total. The van der Waals surface area contributed by atoms with Gasteiger partial charge >= 0.3 is 5.97 Å². The second-order valence-electron chi connectivity index (χ2n) is 5.16. The lowest BCUT2D eigenvalue weighted by atomic mass is 10.0. The van der Waals surface area contributed by atoms with E-state index in [0.717, 1.165) is 16.7 Å². The average Bonchev–Trinajstić information content (AvgIpc) is 2.41. The van der Waals surface area contributed by atoms with Crippen molar-refractivity contribution >= 4 is 29.3 Å². The van der Waals surface area contributed by atoms with Crippen molar-refractivity contribution in [3.63, 3.8) is 0 Å². The van der Waals surface area contributed by atoms with E-state index in [9.17, 15) is 14.7 Å². The molecule has 1 unspecified atom stereocenters. The lowest BCUT2D eigenvalue weighted by Crippen LogP contribution is -2.45. The lowest BCUT2D eigenvalue weighted by Gasteiger charge is -2.33. The third-order valence-electron chi connectivity index (χ3n) is 3.57. The molecule has 0 fully saturated rings. The van der Waals surface area contributed by atoms with Gasteiger partial charge < -0.3 is 5.11 Å². The van der Waals surface area contributed by atoms with Crippen molar-refractivity contribution in [2.24, 2.45) is 0 Å². The van der Waals surface area contributed by atoms with E-state index >= 15 is 0 Å². The van der Waals surface area contributed by atoms with E-state index in [1.165, 1.54) is 16.7 Å². The second-order valence-corrected chi connectivity index (χ2v) is 6.02. The smallest absolute Gasteiger partial charge is 0.326 e. The maximum Gasteiger partial charge on any atom is 0.326 e. The van der Waals surface area contributed by atoms with Gasteiger partial charge in [0, 0.05) is 5.56 Å². The lowest BCUT2D eigenvalue weighted by molar-refractivity contribution is -0.146. The first-order chi connectivity index (χ1) is 9.95. The Bertz CT molecular complexity index is 610. The van der Waals surface area contributed by atoms with Crippen molar-refractivity contribution in [2.45, 2.75) is 33.2 Å². The van der Waals surface area contributed by atoms with Crippen LogP contribution >= 0.6 is 11.8 Å². The molecule has 0 bridgehead atoms. The van der Waals surface area contributed by atoms with E-state index in [1.807, 2.05) is 37.5 Å². The molecule has 1 heterocycles. The SMILES string of the molecule is CCC(C(=O)O)N1C(=O)CSC=C1c1ccc(C)cc1C. The van der Waals surface area contributed by atoms with Crippen LogP contribution in [0.15, 0.2) is 23.6 Å². The van der Waals surface area contributed by atoms with Gasteiger partial charge in [0.25, 0.3) is 0 Å². The molecule has 1 aliphatic rings. The summed E-state index contributed by atoms with van der Waals surface area (Å²) in [5.41, 5.74) is 3.80. The summed E-state index contributed by atoms with van der Waals surface area (Å²) in [5, 5.41) is 11.3. The fourth-order valence-electron chi connectivity index (χ4n) is 2.56. The summed E-state index contributed by atoms with van der Waals surface area (Å²) in [5.74, 6) is -0.821. The summed E-state index contributed by atoms with van der Waals surface area (Å²) >= 11 is 1.42. The predicted molar refractivity (Wildman–Crippen MR) is 84.9 cm³/mol. The van der Waals surface area contributed by atoms with Crippen LogP contribution in [0.2, 0.25) is 0 Å². The second kappa shape index (κ2) is 6.35. The Morgan fingerprint density at radius 1 is 1.43 bits per heavy atom. The molecule has 21 heavy (non-hydrogen) atoms. The Morgan fingerprint density at radius 3 is 2.71 bits per heavy atom. The Hall–Kier alpha value is -1.75. The number of benzene rings is 1. The number of carbonyl (C=O) groups is 2. The Balaban J connectivity index is 2.50. The summed E-state index contributed by atoms with van der Waals surface area (Å²) in [4.78, 5) is 25.2. The number of carboxylic acids is 1. The molecule has 112 valence electrons. The van der Waals surface area contributed by atoms with Crippen molar-refractivity contribution in [1.82, 2.24) is 4.90 Å². The highest BCUT2D eigenvalue weighted by Crippen LogP contribution is 2.32. The van der Waals surface area contributed by atoms with Gasteiger partial charge in [0.15, 0.2) is 0 Å². The van der Waals surface area contributed by atoms with E-state index < -0.39 is 12.0 Å². The summed E-state index contributed by atoms with van der Waals surface area (Å²) in [7, 11) is 0. The molecular formula is C16H19NO3S. The van der Waals surface area contributed by atoms with Crippen LogP contribution in [0, 0.1) is 13.8 Å². The first-order valence-corrected chi connectivity index (χ1v) is 7.94. The third kappa shape index (κ3) is 3.13. The number of aliphatic carboxylic acids is 1. The molecule has 1 amide bonds. The Morgan fingerprint density at radius 2 is 2.14 bits per heavy atom. The number of carboxylic acid groups (broad SMARTS) is 1. The number of rotatable bonds is 4. The highest BCUT2D eigenvalue weighted by Gasteiger charge is 2.33. The standard InChI is InChI=1S/C16H19NO3S/c1-4-13(16(19)20)17-14(8-21-9-15(17)18)12-6-5-10(2)7-11(12)3/h5-8,13H,4,9H2,1-3H3,(H,19,20). The molecule has 0 aliphatic carbocycles. The first kappa shape index (κ1) is 15.6. The van der Waals surface area contributed by atoms with Crippen LogP contribution in [0.25, 0.3) is 5.70 Å². The maximum atomic E-state index is 12.3. The highest BCUT2D eigenvalue weighted by molar-refractivity contribution is 8.03. The number of hydrogen-bond acceptors (Lipinski definition) is 3. The number of thioether (sulfide) groups is 1. The molecule has 1 atom stereocenters. The third-order valence-corrected chi connectivity index (χ3v) is 4.37. The van der Waals surface area contributed by atoms with Gasteiger partial charge in [-0.15, -0.1) is 11.8 Å². The number of carbonyl (C=O) groups excluding carboxylic acids is 1. The molecule has 4 nitrogen and oxygen atoms in total.